The van der Waals surface area contributed by atoms with Crippen LogP contribution in [-0.2, 0) is 5.41 Å². The smallest absolute Gasteiger partial charge is 0.214 e. The quantitative estimate of drug-likeness (QED) is 0.743. The summed E-state index contributed by atoms with van der Waals surface area (Å²) in [6.45, 7) is 12.5. The predicted molar refractivity (Wildman–Crippen MR) is 110 cm³/mol. The van der Waals surface area contributed by atoms with Crippen molar-refractivity contribution in [2.24, 2.45) is 0 Å². The van der Waals surface area contributed by atoms with Crippen LogP contribution < -0.4 is 10.2 Å². The molecule has 1 aliphatic rings. The largest absolute Gasteiger partial charge is 0.357 e. The highest BCUT2D eigenvalue weighted by Gasteiger charge is 2.23. The summed E-state index contributed by atoms with van der Waals surface area (Å²) < 4.78 is 1.90. The van der Waals surface area contributed by atoms with Gasteiger partial charge in [0.05, 0.1) is 11.9 Å². The normalized spacial score (nSPS) is 16.3. The summed E-state index contributed by atoms with van der Waals surface area (Å²) in [7, 11) is 0. The predicted octanol–water partition coefficient (Wildman–Crippen LogP) is 3.58. The highest BCUT2D eigenvalue weighted by molar-refractivity contribution is 7.20. The number of fused-ring (bicyclic) bond motifs is 1. The van der Waals surface area contributed by atoms with Crippen LogP contribution in [0.25, 0.3) is 4.96 Å². The Labute approximate surface area is 163 Å². The first kappa shape index (κ1) is 18.2. The molecule has 8 heteroatoms. The van der Waals surface area contributed by atoms with Crippen molar-refractivity contribution in [1.82, 2.24) is 24.6 Å². The molecule has 1 N–H and O–H groups in total. The van der Waals surface area contributed by atoms with Crippen LogP contribution in [0.4, 0.5) is 10.9 Å². The molecular weight excluding hydrogens is 358 g/mol. The van der Waals surface area contributed by atoms with Gasteiger partial charge in [0.2, 0.25) is 10.1 Å². The Morgan fingerprint density at radius 1 is 1.11 bits per heavy atom. The lowest BCUT2D eigenvalue weighted by atomic mass is 9.93. The van der Waals surface area contributed by atoms with Gasteiger partial charge in [-0.05, 0) is 26.7 Å². The van der Waals surface area contributed by atoms with Crippen molar-refractivity contribution in [2.45, 2.75) is 58.9 Å². The minimum absolute atomic E-state index is 0.0472. The maximum absolute atomic E-state index is 4.72. The van der Waals surface area contributed by atoms with Crippen molar-refractivity contribution in [3.05, 3.63) is 29.5 Å². The van der Waals surface area contributed by atoms with Gasteiger partial charge in [-0.1, -0.05) is 32.1 Å². The summed E-state index contributed by atoms with van der Waals surface area (Å²) in [4.78, 5) is 17.0. The third kappa shape index (κ3) is 3.90. The molecule has 0 bridgehead atoms. The fourth-order valence-corrected chi connectivity index (χ4v) is 4.27. The van der Waals surface area contributed by atoms with Crippen LogP contribution in [0.2, 0.25) is 0 Å². The Hall–Kier alpha value is -2.22. The second-order valence-corrected chi connectivity index (χ2v) is 9.29. The van der Waals surface area contributed by atoms with Gasteiger partial charge in [-0.25, -0.2) is 19.5 Å². The number of aromatic nitrogens is 5. The van der Waals surface area contributed by atoms with Gasteiger partial charge in [0.25, 0.3) is 0 Å². The molecule has 1 fully saturated rings. The van der Waals surface area contributed by atoms with Crippen molar-refractivity contribution in [2.75, 3.05) is 23.3 Å². The molecule has 27 heavy (non-hydrogen) atoms. The van der Waals surface area contributed by atoms with E-state index in [1.165, 1.54) is 0 Å². The molecular formula is C19H27N7S. The van der Waals surface area contributed by atoms with Crippen molar-refractivity contribution in [1.29, 1.82) is 0 Å². The molecule has 0 aromatic carbocycles. The van der Waals surface area contributed by atoms with E-state index in [4.69, 9.17) is 4.98 Å². The van der Waals surface area contributed by atoms with E-state index in [2.05, 4.69) is 52.1 Å². The maximum atomic E-state index is 4.72. The number of aryl methyl sites for hydroxylation is 2. The monoisotopic (exact) mass is 385 g/mol. The lowest BCUT2D eigenvalue weighted by Gasteiger charge is -2.33. The Bertz CT molecular complexity index is 893. The molecule has 7 nitrogen and oxygen atoms in total. The van der Waals surface area contributed by atoms with Gasteiger partial charge in [0.15, 0.2) is 0 Å². The molecule has 1 aliphatic heterocycles. The Kier molecular flexibility index (Phi) is 4.53. The fraction of sp³-hybridized carbons (Fsp3) is 0.579. The highest BCUT2D eigenvalue weighted by Crippen LogP contribution is 2.27. The SMILES string of the molecule is Cc1cc(N2CCC(Nc3nn4cc(C(C)(C)C)nc4s3)CC2)nc(C)n1. The zero-order valence-electron chi connectivity index (χ0n) is 16.7. The van der Waals surface area contributed by atoms with Gasteiger partial charge in [-0.2, -0.15) is 0 Å². The number of imidazole rings is 1. The van der Waals surface area contributed by atoms with Crippen LogP contribution in [0, 0.1) is 13.8 Å². The molecule has 4 heterocycles. The summed E-state index contributed by atoms with van der Waals surface area (Å²) in [5, 5.41) is 9.21. The molecule has 0 aliphatic carbocycles. The summed E-state index contributed by atoms with van der Waals surface area (Å²) in [5.41, 5.74) is 2.15. The first-order valence-corrected chi connectivity index (χ1v) is 10.3. The molecule has 4 rings (SSSR count). The first-order chi connectivity index (χ1) is 12.8. The van der Waals surface area contributed by atoms with E-state index in [-0.39, 0.29) is 5.41 Å². The van der Waals surface area contributed by atoms with Crippen LogP contribution >= 0.6 is 11.3 Å². The van der Waals surface area contributed by atoms with Crippen molar-refractivity contribution in [3.8, 4) is 0 Å². The molecule has 0 saturated carbocycles. The maximum Gasteiger partial charge on any atom is 0.214 e. The Morgan fingerprint density at radius 3 is 2.48 bits per heavy atom. The van der Waals surface area contributed by atoms with Gasteiger partial charge in [0, 0.05) is 36.3 Å². The third-order valence-electron chi connectivity index (χ3n) is 4.91. The van der Waals surface area contributed by atoms with E-state index in [1.54, 1.807) is 11.3 Å². The molecule has 1 saturated heterocycles. The number of nitrogens with one attached hydrogen (secondary N) is 1. The summed E-state index contributed by atoms with van der Waals surface area (Å²) in [6.07, 6.45) is 4.17. The molecule has 0 spiro atoms. The van der Waals surface area contributed by atoms with Gasteiger partial charge < -0.3 is 10.2 Å². The molecule has 3 aromatic rings. The average molecular weight is 386 g/mol. The van der Waals surface area contributed by atoms with Gasteiger partial charge in [0.1, 0.15) is 11.6 Å². The molecule has 0 unspecified atom stereocenters. The van der Waals surface area contributed by atoms with Crippen LogP contribution in [0.3, 0.4) is 0 Å². The van der Waals surface area contributed by atoms with Gasteiger partial charge in [-0.3, -0.25) is 0 Å². The number of piperidine rings is 1. The first-order valence-electron chi connectivity index (χ1n) is 9.48. The number of nitrogens with zero attached hydrogens (tertiary/aromatic N) is 6. The fourth-order valence-electron chi connectivity index (χ4n) is 3.41. The third-order valence-corrected chi connectivity index (χ3v) is 5.76. The summed E-state index contributed by atoms with van der Waals surface area (Å²) in [6, 6.07) is 2.51. The number of rotatable bonds is 3. The minimum Gasteiger partial charge on any atom is -0.357 e. The van der Waals surface area contributed by atoms with E-state index < -0.39 is 0 Å². The van der Waals surface area contributed by atoms with Gasteiger partial charge >= 0.3 is 0 Å². The second kappa shape index (κ2) is 6.74. The Morgan fingerprint density at radius 2 is 1.85 bits per heavy atom. The molecule has 144 valence electrons. The Balaban J connectivity index is 1.39. The molecule has 3 aromatic heterocycles. The van der Waals surface area contributed by atoms with E-state index in [0.717, 1.165) is 59.1 Å². The average Bonchev–Trinajstić information content (AvgIpc) is 3.13. The second-order valence-electron chi connectivity index (χ2n) is 8.33. The molecule has 0 amide bonds. The standard InChI is InChI=1S/C19H27N7S/c1-12-10-16(21-13(2)20-12)25-8-6-14(7-9-25)22-17-24-26-11-15(19(3,4)5)23-18(26)27-17/h10-11,14H,6-9H2,1-5H3,(H,22,24). The zero-order valence-corrected chi connectivity index (χ0v) is 17.5. The number of anilines is 2. The lowest BCUT2D eigenvalue weighted by Crippen LogP contribution is -2.39. The highest BCUT2D eigenvalue weighted by atomic mass is 32.1. The number of hydrogen-bond acceptors (Lipinski definition) is 7. The summed E-state index contributed by atoms with van der Waals surface area (Å²) in [5.74, 6) is 1.88. The van der Waals surface area contributed by atoms with E-state index in [1.807, 2.05) is 24.6 Å². The zero-order chi connectivity index (χ0) is 19.2. The van der Waals surface area contributed by atoms with Crippen LogP contribution in [0.15, 0.2) is 12.3 Å². The van der Waals surface area contributed by atoms with Crippen LogP contribution in [-0.4, -0.2) is 43.7 Å². The topological polar surface area (TPSA) is 71.2 Å². The number of hydrogen-bond donors (Lipinski definition) is 1. The van der Waals surface area contributed by atoms with Gasteiger partial charge in [-0.15, -0.1) is 5.10 Å². The minimum atomic E-state index is 0.0472. The van der Waals surface area contributed by atoms with E-state index in [9.17, 15) is 0 Å². The molecule has 0 radical (unpaired) electrons. The van der Waals surface area contributed by atoms with Crippen molar-refractivity contribution < 1.29 is 0 Å². The van der Waals surface area contributed by atoms with E-state index in [0.29, 0.717) is 6.04 Å². The lowest BCUT2D eigenvalue weighted by molar-refractivity contribution is 0.522. The van der Waals surface area contributed by atoms with Crippen molar-refractivity contribution in [3.63, 3.8) is 0 Å². The van der Waals surface area contributed by atoms with Crippen molar-refractivity contribution >= 4 is 27.2 Å². The van der Waals surface area contributed by atoms with Crippen LogP contribution in [0.5, 0.6) is 0 Å². The van der Waals surface area contributed by atoms with E-state index >= 15 is 0 Å². The van der Waals surface area contributed by atoms with Crippen LogP contribution in [0.1, 0.15) is 50.8 Å². The summed E-state index contributed by atoms with van der Waals surface area (Å²) >= 11 is 1.62. The molecule has 0 atom stereocenters.